The maximum atomic E-state index is 3.81. The molecule has 0 N–H and O–H groups in total. The van der Waals surface area contributed by atoms with Gasteiger partial charge in [0, 0.05) is 0 Å². The number of hydrogen-bond acceptors (Lipinski definition) is 0. The molecule has 0 bridgehead atoms. The second kappa shape index (κ2) is 6.17. The van der Waals surface area contributed by atoms with Gasteiger partial charge in [-0.3, -0.25) is 0 Å². The molecule has 0 nitrogen and oxygen atoms in total. The molecule has 0 unspecified atom stereocenters. The lowest BCUT2D eigenvalue weighted by molar-refractivity contribution is 1.37. The van der Waals surface area contributed by atoms with Crippen LogP contribution < -0.4 is 0 Å². The molecule has 16 heavy (non-hydrogen) atoms. The van der Waals surface area contributed by atoms with Gasteiger partial charge in [0.05, 0.1) is 0 Å². The maximum absolute atomic E-state index is 3.81. The largest absolute Gasteiger partial charge is 0.106 e. The zero-order valence-corrected chi connectivity index (χ0v) is 10.5. The summed E-state index contributed by atoms with van der Waals surface area (Å²) in [5.74, 6) is 0. The van der Waals surface area contributed by atoms with Gasteiger partial charge in [-0.05, 0) is 30.5 Å². The van der Waals surface area contributed by atoms with Crippen LogP contribution in [0.15, 0.2) is 48.6 Å². The number of aryl methyl sites for hydroxylation is 2. The average molecular weight is 210 g/mol. The van der Waals surface area contributed by atoms with Crippen molar-refractivity contribution in [2.45, 2.75) is 20.2 Å². The molecule has 1 aromatic rings. The van der Waals surface area contributed by atoms with Gasteiger partial charge < -0.3 is 0 Å². The fourth-order valence-electron chi connectivity index (χ4n) is 1.65. The molecule has 0 aliphatic carbocycles. The van der Waals surface area contributed by atoms with Gasteiger partial charge in [0.15, 0.2) is 0 Å². The normalized spacial score (nSPS) is 12.0. The van der Waals surface area contributed by atoms with Crippen LogP contribution in [0.2, 0.25) is 6.32 Å². The Hall–Kier alpha value is -1.50. The molecule has 0 aliphatic heterocycles. The van der Waals surface area contributed by atoms with Crippen LogP contribution in [0.25, 0.3) is 6.08 Å². The van der Waals surface area contributed by atoms with Crippen molar-refractivity contribution in [3.05, 3.63) is 65.3 Å². The predicted molar refractivity (Wildman–Crippen MR) is 76.6 cm³/mol. The third-order valence-electron chi connectivity index (χ3n) is 2.56. The molecule has 0 radical (unpaired) electrons. The highest BCUT2D eigenvalue weighted by molar-refractivity contribution is 6.09. The standard InChI is InChI=1S/C15H19B/c1-4-14(9-10-16)6-8-15-7-5-12(2)11-13(15)3/h4-9,11H,1,10,16H2,2-3H3/b8-6+,14-9+. The van der Waals surface area contributed by atoms with Crippen molar-refractivity contribution < 1.29 is 0 Å². The van der Waals surface area contributed by atoms with Crippen molar-refractivity contribution in [3.8, 4) is 0 Å². The summed E-state index contributed by atoms with van der Waals surface area (Å²) in [6.07, 6.45) is 9.38. The summed E-state index contributed by atoms with van der Waals surface area (Å²) >= 11 is 0. The van der Waals surface area contributed by atoms with E-state index in [9.17, 15) is 0 Å². The highest BCUT2D eigenvalue weighted by Crippen LogP contribution is 2.13. The Labute approximate surface area is 99.8 Å². The molecule has 1 heteroatoms. The molecule has 0 atom stereocenters. The van der Waals surface area contributed by atoms with Gasteiger partial charge in [-0.25, -0.2) is 0 Å². The summed E-state index contributed by atoms with van der Waals surface area (Å²) in [5, 5.41) is 0. The zero-order chi connectivity index (χ0) is 12.0. The Kier molecular flexibility index (Phi) is 4.85. The van der Waals surface area contributed by atoms with E-state index < -0.39 is 0 Å². The van der Waals surface area contributed by atoms with E-state index in [-0.39, 0.29) is 0 Å². The maximum Gasteiger partial charge on any atom is 0.106 e. The quantitative estimate of drug-likeness (QED) is 0.527. The van der Waals surface area contributed by atoms with Crippen LogP contribution in [-0.4, -0.2) is 7.85 Å². The SMILES string of the molecule is BC/C=C(C=C)/C=C/c1ccc(C)cc1C. The van der Waals surface area contributed by atoms with Crippen molar-refractivity contribution in [2.24, 2.45) is 0 Å². The number of hydrogen-bond donors (Lipinski definition) is 0. The summed E-state index contributed by atoms with van der Waals surface area (Å²) in [7, 11) is 2.13. The smallest absolute Gasteiger partial charge is 0.0985 e. The Bertz CT molecular complexity index is 425. The van der Waals surface area contributed by atoms with E-state index in [1.807, 2.05) is 6.08 Å². The number of rotatable bonds is 4. The van der Waals surface area contributed by atoms with Gasteiger partial charge in [0.1, 0.15) is 7.85 Å². The number of benzene rings is 1. The highest BCUT2D eigenvalue weighted by Gasteiger charge is 1.94. The van der Waals surface area contributed by atoms with Crippen LogP contribution in [0, 0.1) is 13.8 Å². The second-order valence-corrected chi connectivity index (χ2v) is 4.01. The van der Waals surface area contributed by atoms with Crippen molar-refractivity contribution in [3.63, 3.8) is 0 Å². The first kappa shape index (κ1) is 12.6. The van der Waals surface area contributed by atoms with Crippen molar-refractivity contribution in [2.75, 3.05) is 0 Å². The average Bonchev–Trinajstić information content (AvgIpc) is 2.26. The summed E-state index contributed by atoms with van der Waals surface area (Å²) in [4.78, 5) is 0. The molecule has 1 rings (SSSR count). The van der Waals surface area contributed by atoms with Crippen molar-refractivity contribution in [1.82, 2.24) is 0 Å². The van der Waals surface area contributed by atoms with Crippen molar-refractivity contribution in [1.29, 1.82) is 0 Å². The van der Waals surface area contributed by atoms with Crippen LogP contribution in [0.4, 0.5) is 0 Å². The van der Waals surface area contributed by atoms with Gasteiger partial charge >= 0.3 is 0 Å². The molecule has 0 heterocycles. The second-order valence-electron chi connectivity index (χ2n) is 4.01. The minimum absolute atomic E-state index is 1.04. The van der Waals surface area contributed by atoms with Crippen LogP contribution in [0.1, 0.15) is 16.7 Å². The van der Waals surface area contributed by atoms with Crippen LogP contribution in [-0.2, 0) is 0 Å². The molecule has 0 saturated heterocycles. The topological polar surface area (TPSA) is 0 Å². The Balaban J connectivity index is 2.91. The monoisotopic (exact) mass is 210 g/mol. The first-order valence-electron chi connectivity index (χ1n) is 5.75. The minimum atomic E-state index is 1.04. The van der Waals surface area contributed by atoms with E-state index in [4.69, 9.17) is 0 Å². The molecular formula is C15H19B. The fourth-order valence-corrected chi connectivity index (χ4v) is 1.65. The molecule has 0 amide bonds. The van der Waals surface area contributed by atoms with Gasteiger partial charge in [-0.1, -0.05) is 61.0 Å². The molecule has 1 aromatic carbocycles. The Morgan fingerprint density at radius 1 is 1.38 bits per heavy atom. The van der Waals surface area contributed by atoms with Gasteiger partial charge in [-0.2, -0.15) is 0 Å². The third-order valence-corrected chi connectivity index (χ3v) is 2.56. The van der Waals surface area contributed by atoms with E-state index in [1.54, 1.807) is 0 Å². The number of allylic oxidation sites excluding steroid dienone is 4. The van der Waals surface area contributed by atoms with E-state index in [1.165, 1.54) is 22.3 Å². The lowest BCUT2D eigenvalue weighted by Crippen LogP contribution is -1.82. The molecule has 82 valence electrons. The summed E-state index contributed by atoms with van der Waals surface area (Å²) in [5.41, 5.74) is 5.08. The molecular weight excluding hydrogens is 191 g/mol. The first-order valence-corrected chi connectivity index (χ1v) is 5.75. The van der Waals surface area contributed by atoms with Gasteiger partial charge in [0.2, 0.25) is 0 Å². The summed E-state index contributed by atoms with van der Waals surface area (Å²) in [6.45, 7) is 8.07. The molecule has 0 aromatic heterocycles. The van der Waals surface area contributed by atoms with E-state index in [0.29, 0.717) is 0 Å². The Morgan fingerprint density at radius 2 is 2.12 bits per heavy atom. The highest BCUT2D eigenvalue weighted by atomic mass is 14.0. The first-order chi connectivity index (χ1) is 7.67. The lowest BCUT2D eigenvalue weighted by Gasteiger charge is -2.01. The lowest BCUT2D eigenvalue weighted by atomic mass is 10.0. The van der Waals surface area contributed by atoms with Gasteiger partial charge in [-0.15, -0.1) is 0 Å². The van der Waals surface area contributed by atoms with E-state index in [2.05, 4.69) is 64.7 Å². The molecule has 0 spiro atoms. The summed E-state index contributed by atoms with van der Waals surface area (Å²) in [6, 6.07) is 6.51. The van der Waals surface area contributed by atoms with Crippen LogP contribution in [0.5, 0.6) is 0 Å². The predicted octanol–water partition coefficient (Wildman–Crippen LogP) is 3.48. The molecule has 0 fully saturated rings. The zero-order valence-electron chi connectivity index (χ0n) is 10.5. The summed E-state index contributed by atoms with van der Waals surface area (Å²) < 4.78 is 0. The van der Waals surface area contributed by atoms with Crippen LogP contribution >= 0.6 is 0 Å². The molecule has 0 saturated carbocycles. The van der Waals surface area contributed by atoms with Gasteiger partial charge in [0.25, 0.3) is 0 Å². The third kappa shape index (κ3) is 3.58. The Morgan fingerprint density at radius 3 is 2.69 bits per heavy atom. The van der Waals surface area contributed by atoms with Crippen molar-refractivity contribution >= 4 is 13.9 Å². The fraction of sp³-hybridized carbons (Fsp3) is 0.200. The van der Waals surface area contributed by atoms with E-state index >= 15 is 0 Å². The van der Waals surface area contributed by atoms with Crippen LogP contribution in [0.3, 0.4) is 0 Å². The minimum Gasteiger partial charge on any atom is -0.0985 e. The van der Waals surface area contributed by atoms with E-state index in [0.717, 1.165) is 6.32 Å². The molecule has 0 aliphatic rings.